The molecule has 0 aliphatic carbocycles. The summed E-state index contributed by atoms with van der Waals surface area (Å²) in [6, 6.07) is 10.5. The maximum Gasteiger partial charge on any atom is 0.243 e. The normalized spacial score (nSPS) is 15.0. The summed E-state index contributed by atoms with van der Waals surface area (Å²) in [7, 11) is -3.57. The van der Waals surface area contributed by atoms with Crippen LogP contribution in [0.4, 0.5) is 11.6 Å². The zero-order valence-electron chi connectivity index (χ0n) is 18.6. The maximum atomic E-state index is 13.0. The van der Waals surface area contributed by atoms with Gasteiger partial charge in [-0.15, -0.1) is 0 Å². The predicted molar refractivity (Wildman–Crippen MR) is 133 cm³/mol. The van der Waals surface area contributed by atoms with E-state index in [0.29, 0.717) is 43.0 Å². The first-order chi connectivity index (χ1) is 16.5. The summed E-state index contributed by atoms with van der Waals surface area (Å²) in [4.78, 5) is 13.5. The lowest BCUT2D eigenvalue weighted by Crippen LogP contribution is -2.46. The van der Waals surface area contributed by atoms with Crippen LogP contribution in [0, 0.1) is 0 Å². The van der Waals surface area contributed by atoms with Crippen LogP contribution in [0.5, 0.6) is 0 Å². The van der Waals surface area contributed by atoms with Gasteiger partial charge in [0.2, 0.25) is 16.0 Å². The Morgan fingerprint density at radius 2 is 1.91 bits per heavy atom. The monoisotopic (exact) mass is 497 g/mol. The predicted octanol–water partition coefficient (Wildman–Crippen LogP) is 3.50. The van der Waals surface area contributed by atoms with E-state index in [4.69, 9.17) is 11.6 Å². The lowest BCUT2D eigenvalue weighted by Gasteiger charge is -2.26. The molecule has 0 radical (unpaired) electrons. The Morgan fingerprint density at radius 1 is 1.12 bits per heavy atom. The van der Waals surface area contributed by atoms with Crippen molar-refractivity contribution in [3.8, 4) is 11.3 Å². The number of sulfonamides is 1. The van der Waals surface area contributed by atoms with Crippen molar-refractivity contribution in [2.24, 2.45) is 0 Å². The largest absolute Gasteiger partial charge is 0.345 e. The van der Waals surface area contributed by atoms with E-state index in [0.717, 1.165) is 28.7 Å². The van der Waals surface area contributed by atoms with Gasteiger partial charge in [-0.05, 0) is 37.3 Å². The quantitative estimate of drug-likeness (QED) is 0.393. The zero-order valence-corrected chi connectivity index (χ0v) is 20.1. The number of aromatic nitrogens is 4. The second-order valence-corrected chi connectivity index (χ2v) is 10.2. The highest BCUT2D eigenvalue weighted by atomic mass is 35.5. The van der Waals surface area contributed by atoms with E-state index in [1.807, 2.05) is 29.8 Å². The van der Waals surface area contributed by atoms with Crippen LogP contribution in [0.1, 0.15) is 6.92 Å². The fourth-order valence-electron chi connectivity index (χ4n) is 4.13. The van der Waals surface area contributed by atoms with Gasteiger partial charge in [0.05, 0.1) is 16.1 Å². The van der Waals surface area contributed by atoms with Gasteiger partial charge >= 0.3 is 0 Å². The van der Waals surface area contributed by atoms with E-state index >= 15 is 0 Å². The molecular weight excluding hydrogens is 474 g/mol. The molecule has 4 aromatic rings. The first kappa shape index (κ1) is 22.7. The van der Waals surface area contributed by atoms with Gasteiger partial charge < -0.3 is 15.2 Å². The van der Waals surface area contributed by atoms with E-state index in [2.05, 4.69) is 25.6 Å². The number of halogens is 1. The third kappa shape index (κ3) is 4.25. The van der Waals surface area contributed by atoms with E-state index in [-0.39, 0.29) is 4.90 Å². The number of fused-ring (bicyclic) bond motifs is 1. The Hall–Kier alpha value is -3.05. The van der Waals surface area contributed by atoms with Gasteiger partial charge in [-0.3, -0.25) is 0 Å². The van der Waals surface area contributed by atoms with E-state index in [1.54, 1.807) is 36.7 Å². The van der Waals surface area contributed by atoms with Crippen molar-refractivity contribution in [1.82, 2.24) is 29.1 Å². The Labute approximate surface area is 202 Å². The highest BCUT2D eigenvalue weighted by Gasteiger charge is 2.26. The summed E-state index contributed by atoms with van der Waals surface area (Å²) >= 11 is 6.35. The number of aryl methyl sites for hydroxylation is 1. The van der Waals surface area contributed by atoms with Gasteiger partial charge in [0, 0.05) is 68.0 Å². The van der Waals surface area contributed by atoms with Crippen molar-refractivity contribution in [3.05, 3.63) is 60.1 Å². The van der Waals surface area contributed by atoms with Crippen LogP contribution in [0.25, 0.3) is 22.2 Å². The van der Waals surface area contributed by atoms with Crippen molar-refractivity contribution in [2.45, 2.75) is 18.4 Å². The Bertz CT molecular complexity index is 1450. The Balaban J connectivity index is 1.45. The standard InChI is InChI=1S/C23H24ClN7O2S/c1-2-30-15-19(18-6-8-26-22(24)21(18)30)20-7-9-27-23(29-20)28-16-4-3-5-17(14-16)34(32,33)31-12-10-25-11-13-31/h3-9,14-15,25H,2,10-13H2,1H3,(H,27,28,29). The average Bonchev–Trinajstić information content (AvgIpc) is 3.25. The molecule has 34 heavy (non-hydrogen) atoms. The van der Waals surface area contributed by atoms with E-state index in [9.17, 15) is 8.42 Å². The second kappa shape index (κ2) is 9.30. The maximum absolute atomic E-state index is 13.0. The molecule has 0 bridgehead atoms. The van der Waals surface area contributed by atoms with Crippen molar-refractivity contribution in [3.63, 3.8) is 0 Å². The molecule has 1 aliphatic heterocycles. The molecule has 176 valence electrons. The van der Waals surface area contributed by atoms with E-state index in [1.165, 1.54) is 4.31 Å². The topological polar surface area (TPSA) is 105 Å². The minimum Gasteiger partial charge on any atom is -0.345 e. The molecule has 0 unspecified atom stereocenters. The lowest BCUT2D eigenvalue weighted by molar-refractivity contribution is 0.360. The number of rotatable bonds is 6. The summed E-state index contributed by atoms with van der Waals surface area (Å²) in [5.41, 5.74) is 3.10. The molecule has 1 aliphatic rings. The summed E-state index contributed by atoms with van der Waals surface area (Å²) in [6.45, 7) is 4.99. The van der Waals surface area contributed by atoms with E-state index < -0.39 is 10.0 Å². The first-order valence-corrected chi connectivity index (χ1v) is 12.8. The van der Waals surface area contributed by atoms with Crippen LogP contribution >= 0.6 is 11.6 Å². The molecular formula is C23H24ClN7O2S. The Kier molecular flexibility index (Phi) is 6.22. The summed E-state index contributed by atoms with van der Waals surface area (Å²) in [5, 5.41) is 7.72. The molecule has 0 amide bonds. The average molecular weight is 498 g/mol. The second-order valence-electron chi connectivity index (χ2n) is 7.90. The van der Waals surface area contributed by atoms with Gasteiger partial charge in [-0.2, -0.15) is 4.31 Å². The third-order valence-electron chi connectivity index (χ3n) is 5.82. The summed E-state index contributed by atoms with van der Waals surface area (Å²) < 4.78 is 29.6. The number of hydrogen-bond donors (Lipinski definition) is 2. The molecule has 3 aromatic heterocycles. The van der Waals surface area contributed by atoms with Gasteiger partial charge in [0.1, 0.15) is 0 Å². The van der Waals surface area contributed by atoms with Gasteiger partial charge in [-0.25, -0.2) is 23.4 Å². The highest BCUT2D eigenvalue weighted by Crippen LogP contribution is 2.33. The van der Waals surface area contributed by atoms with Gasteiger partial charge in [-0.1, -0.05) is 17.7 Å². The van der Waals surface area contributed by atoms with Crippen LogP contribution in [0.15, 0.2) is 59.9 Å². The van der Waals surface area contributed by atoms with Crippen LogP contribution in [-0.2, 0) is 16.6 Å². The highest BCUT2D eigenvalue weighted by molar-refractivity contribution is 7.89. The van der Waals surface area contributed by atoms with Crippen molar-refractivity contribution in [2.75, 3.05) is 31.5 Å². The SMILES string of the molecule is CCn1cc(-c2ccnc(Nc3cccc(S(=O)(=O)N4CCNCC4)c3)n2)c2ccnc(Cl)c21. The van der Waals surface area contributed by atoms with Gasteiger partial charge in [0.25, 0.3) is 0 Å². The fourth-order valence-corrected chi connectivity index (χ4v) is 5.88. The smallest absolute Gasteiger partial charge is 0.243 e. The van der Waals surface area contributed by atoms with Crippen LogP contribution in [0.2, 0.25) is 5.15 Å². The molecule has 2 N–H and O–H groups in total. The first-order valence-electron chi connectivity index (χ1n) is 11.0. The number of nitrogens with one attached hydrogen (secondary N) is 2. The molecule has 5 rings (SSSR count). The van der Waals surface area contributed by atoms with Crippen molar-refractivity contribution < 1.29 is 8.42 Å². The molecule has 9 nitrogen and oxygen atoms in total. The molecule has 1 saturated heterocycles. The number of pyridine rings is 1. The molecule has 11 heteroatoms. The third-order valence-corrected chi connectivity index (χ3v) is 7.99. The zero-order chi connectivity index (χ0) is 23.7. The van der Waals surface area contributed by atoms with Crippen molar-refractivity contribution >= 4 is 44.2 Å². The minimum atomic E-state index is -3.57. The molecule has 4 heterocycles. The molecule has 0 spiro atoms. The minimum absolute atomic E-state index is 0.240. The molecule has 0 saturated carbocycles. The van der Waals surface area contributed by atoms with Crippen LogP contribution in [-0.4, -0.2) is 58.4 Å². The number of benzene rings is 1. The van der Waals surface area contributed by atoms with Crippen LogP contribution in [0.3, 0.4) is 0 Å². The summed E-state index contributed by atoms with van der Waals surface area (Å²) in [5.74, 6) is 0.367. The van der Waals surface area contributed by atoms with Crippen LogP contribution < -0.4 is 10.6 Å². The number of anilines is 2. The molecule has 1 fully saturated rings. The number of hydrogen-bond acceptors (Lipinski definition) is 7. The summed E-state index contributed by atoms with van der Waals surface area (Å²) in [6.07, 6.45) is 5.35. The lowest BCUT2D eigenvalue weighted by atomic mass is 10.1. The van der Waals surface area contributed by atoms with Gasteiger partial charge in [0.15, 0.2) is 5.15 Å². The Morgan fingerprint density at radius 3 is 2.71 bits per heavy atom. The fraction of sp³-hybridized carbons (Fsp3) is 0.261. The number of nitrogens with zero attached hydrogens (tertiary/aromatic N) is 5. The molecule has 1 aromatic carbocycles. The number of piperazine rings is 1. The van der Waals surface area contributed by atoms with Crippen molar-refractivity contribution in [1.29, 1.82) is 0 Å². The molecule has 0 atom stereocenters.